The van der Waals surface area contributed by atoms with Gasteiger partial charge in [0.25, 0.3) is 0 Å². The van der Waals surface area contributed by atoms with Gasteiger partial charge < -0.3 is 10.2 Å². The maximum Gasteiger partial charge on any atom is 0.243 e. The SMILES string of the molecule is CCCNC(=O)C(Cc1ccccc1)N(Cc1ccccc1)C(=O)Cc1ccc(Cl)cc1. The van der Waals surface area contributed by atoms with Gasteiger partial charge in [-0.05, 0) is 35.2 Å². The lowest BCUT2D eigenvalue weighted by Crippen LogP contribution is -2.51. The first kappa shape index (κ1) is 23.6. The predicted molar refractivity (Wildman–Crippen MR) is 129 cm³/mol. The van der Waals surface area contributed by atoms with Crippen molar-refractivity contribution in [1.29, 1.82) is 0 Å². The Labute approximate surface area is 195 Å². The monoisotopic (exact) mass is 448 g/mol. The van der Waals surface area contributed by atoms with Crippen molar-refractivity contribution in [3.05, 3.63) is 107 Å². The Hall–Kier alpha value is -3.11. The Morgan fingerprint density at radius 1 is 0.844 bits per heavy atom. The van der Waals surface area contributed by atoms with Crippen molar-refractivity contribution >= 4 is 23.4 Å². The molecule has 0 saturated heterocycles. The first-order valence-electron chi connectivity index (χ1n) is 11.0. The van der Waals surface area contributed by atoms with Crippen LogP contribution in [0.1, 0.15) is 30.0 Å². The molecule has 1 atom stereocenters. The molecule has 0 radical (unpaired) electrons. The molecule has 0 spiro atoms. The van der Waals surface area contributed by atoms with Crippen molar-refractivity contribution in [1.82, 2.24) is 10.2 Å². The minimum absolute atomic E-state index is 0.0937. The standard InChI is InChI=1S/C27H29ClN2O2/c1-2-17-29-27(32)25(18-21-9-5-3-6-10-21)30(20-23-11-7-4-8-12-23)26(31)19-22-13-15-24(28)16-14-22/h3-16,25H,2,17-20H2,1H3,(H,29,32). The van der Waals surface area contributed by atoms with Crippen LogP contribution in [0.15, 0.2) is 84.9 Å². The van der Waals surface area contributed by atoms with Gasteiger partial charge in [0.05, 0.1) is 6.42 Å². The van der Waals surface area contributed by atoms with Crippen LogP contribution in [0, 0.1) is 0 Å². The fourth-order valence-corrected chi connectivity index (χ4v) is 3.70. The van der Waals surface area contributed by atoms with Gasteiger partial charge in [0.1, 0.15) is 6.04 Å². The minimum Gasteiger partial charge on any atom is -0.354 e. The summed E-state index contributed by atoms with van der Waals surface area (Å²) >= 11 is 6.00. The molecule has 5 heteroatoms. The molecule has 32 heavy (non-hydrogen) atoms. The van der Waals surface area contributed by atoms with Gasteiger partial charge in [-0.2, -0.15) is 0 Å². The van der Waals surface area contributed by atoms with E-state index in [2.05, 4.69) is 5.32 Å². The number of benzene rings is 3. The van der Waals surface area contributed by atoms with Crippen molar-refractivity contribution in [3.63, 3.8) is 0 Å². The Kier molecular flexibility index (Phi) is 8.88. The molecule has 166 valence electrons. The molecule has 2 amide bonds. The topological polar surface area (TPSA) is 49.4 Å². The molecule has 3 rings (SSSR count). The quantitative estimate of drug-likeness (QED) is 0.472. The molecule has 1 N–H and O–H groups in total. The lowest BCUT2D eigenvalue weighted by atomic mass is 10.0. The summed E-state index contributed by atoms with van der Waals surface area (Å²) in [5, 5.41) is 3.62. The Bertz CT molecular complexity index is 991. The third kappa shape index (κ3) is 6.96. The summed E-state index contributed by atoms with van der Waals surface area (Å²) < 4.78 is 0. The van der Waals surface area contributed by atoms with Crippen LogP contribution in [-0.4, -0.2) is 29.3 Å². The summed E-state index contributed by atoms with van der Waals surface area (Å²) in [5.74, 6) is -0.222. The van der Waals surface area contributed by atoms with Crippen LogP contribution in [-0.2, 0) is 29.0 Å². The summed E-state index contributed by atoms with van der Waals surface area (Å²) in [6.07, 6.45) is 1.49. The molecule has 0 aliphatic heterocycles. The predicted octanol–water partition coefficient (Wildman–Crippen LogP) is 5.05. The van der Waals surface area contributed by atoms with Crippen LogP contribution in [0.2, 0.25) is 5.02 Å². The fourth-order valence-electron chi connectivity index (χ4n) is 3.58. The number of hydrogen-bond donors (Lipinski definition) is 1. The van der Waals surface area contributed by atoms with Crippen LogP contribution >= 0.6 is 11.6 Å². The second kappa shape index (κ2) is 12.1. The molecule has 0 heterocycles. The number of hydrogen-bond acceptors (Lipinski definition) is 2. The van der Waals surface area contributed by atoms with Crippen LogP contribution in [0.3, 0.4) is 0 Å². The molecule has 0 aliphatic rings. The third-order valence-corrected chi connectivity index (χ3v) is 5.54. The number of amides is 2. The number of nitrogens with one attached hydrogen (secondary N) is 1. The zero-order valence-electron chi connectivity index (χ0n) is 18.3. The van der Waals surface area contributed by atoms with Crippen molar-refractivity contribution in [3.8, 4) is 0 Å². The lowest BCUT2D eigenvalue weighted by Gasteiger charge is -2.31. The first-order valence-corrected chi connectivity index (χ1v) is 11.3. The van der Waals surface area contributed by atoms with Crippen LogP contribution < -0.4 is 5.32 Å². The van der Waals surface area contributed by atoms with Gasteiger partial charge in [-0.25, -0.2) is 0 Å². The van der Waals surface area contributed by atoms with Gasteiger partial charge in [0.15, 0.2) is 0 Å². The Morgan fingerprint density at radius 3 is 2.03 bits per heavy atom. The smallest absolute Gasteiger partial charge is 0.243 e. The summed E-state index contributed by atoms with van der Waals surface area (Å²) in [6.45, 7) is 2.96. The molecular weight excluding hydrogens is 420 g/mol. The third-order valence-electron chi connectivity index (χ3n) is 5.28. The van der Waals surface area contributed by atoms with Crippen molar-refractivity contribution in [2.24, 2.45) is 0 Å². The van der Waals surface area contributed by atoms with Crippen LogP contribution in [0.4, 0.5) is 0 Å². The van der Waals surface area contributed by atoms with Crippen LogP contribution in [0.25, 0.3) is 0 Å². The fraction of sp³-hybridized carbons (Fsp3) is 0.259. The summed E-state index contributed by atoms with van der Waals surface area (Å²) in [5.41, 5.74) is 2.87. The van der Waals surface area contributed by atoms with E-state index in [1.807, 2.05) is 79.7 Å². The minimum atomic E-state index is -0.607. The molecule has 4 nitrogen and oxygen atoms in total. The molecule has 3 aromatic carbocycles. The molecule has 0 bridgehead atoms. The molecule has 0 fully saturated rings. The van der Waals surface area contributed by atoms with Gasteiger partial charge in [-0.1, -0.05) is 91.3 Å². The van der Waals surface area contributed by atoms with Crippen molar-refractivity contribution < 1.29 is 9.59 Å². The highest BCUT2D eigenvalue weighted by Gasteiger charge is 2.30. The van der Waals surface area contributed by atoms with Gasteiger partial charge in [0, 0.05) is 24.5 Å². The highest BCUT2D eigenvalue weighted by molar-refractivity contribution is 6.30. The van der Waals surface area contributed by atoms with Gasteiger partial charge in [-0.3, -0.25) is 9.59 Å². The molecule has 3 aromatic rings. The summed E-state index contributed by atoms with van der Waals surface area (Å²) in [4.78, 5) is 28.5. The van der Waals surface area contributed by atoms with Crippen molar-refractivity contribution in [2.45, 2.75) is 38.8 Å². The number of halogens is 1. The van der Waals surface area contributed by atoms with Gasteiger partial charge in [-0.15, -0.1) is 0 Å². The first-order chi connectivity index (χ1) is 15.6. The van der Waals surface area contributed by atoms with E-state index in [1.54, 1.807) is 17.0 Å². The normalized spacial score (nSPS) is 11.6. The van der Waals surface area contributed by atoms with E-state index in [4.69, 9.17) is 11.6 Å². The zero-order chi connectivity index (χ0) is 22.8. The van der Waals surface area contributed by atoms with Crippen LogP contribution in [0.5, 0.6) is 0 Å². The summed E-state index contributed by atoms with van der Waals surface area (Å²) in [6, 6.07) is 26.3. The van der Waals surface area contributed by atoms with E-state index >= 15 is 0 Å². The number of carbonyl (C=O) groups is 2. The van der Waals surface area contributed by atoms with E-state index < -0.39 is 6.04 Å². The zero-order valence-corrected chi connectivity index (χ0v) is 19.1. The van der Waals surface area contributed by atoms with E-state index in [0.717, 1.165) is 23.1 Å². The maximum atomic E-state index is 13.5. The summed E-state index contributed by atoms with van der Waals surface area (Å²) in [7, 11) is 0. The average molecular weight is 449 g/mol. The van der Waals surface area contributed by atoms with Gasteiger partial charge in [0.2, 0.25) is 11.8 Å². The second-order valence-electron chi connectivity index (χ2n) is 7.81. The molecule has 0 saturated carbocycles. The number of carbonyl (C=O) groups excluding carboxylic acids is 2. The van der Waals surface area contributed by atoms with E-state index in [9.17, 15) is 9.59 Å². The highest BCUT2D eigenvalue weighted by atomic mass is 35.5. The van der Waals surface area contributed by atoms with E-state index in [1.165, 1.54) is 0 Å². The molecule has 0 aromatic heterocycles. The Morgan fingerprint density at radius 2 is 1.44 bits per heavy atom. The second-order valence-corrected chi connectivity index (χ2v) is 8.24. The molecular formula is C27H29ClN2O2. The van der Waals surface area contributed by atoms with Gasteiger partial charge >= 0.3 is 0 Å². The largest absolute Gasteiger partial charge is 0.354 e. The average Bonchev–Trinajstić information content (AvgIpc) is 2.82. The lowest BCUT2D eigenvalue weighted by molar-refractivity contribution is -0.140. The Balaban J connectivity index is 1.92. The molecule has 0 aliphatic carbocycles. The van der Waals surface area contributed by atoms with E-state index in [0.29, 0.717) is 24.5 Å². The van der Waals surface area contributed by atoms with E-state index in [-0.39, 0.29) is 18.2 Å². The molecule has 1 unspecified atom stereocenters. The number of nitrogens with zero attached hydrogens (tertiary/aromatic N) is 1. The number of rotatable bonds is 10. The maximum absolute atomic E-state index is 13.5. The van der Waals surface area contributed by atoms with Crippen molar-refractivity contribution in [2.75, 3.05) is 6.54 Å². The highest BCUT2D eigenvalue weighted by Crippen LogP contribution is 2.17.